The van der Waals surface area contributed by atoms with E-state index < -0.39 is 0 Å². The second-order valence-electron chi connectivity index (χ2n) is 7.06. The van der Waals surface area contributed by atoms with E-state index in [1.807, 2.05) is 0 Å². The van der Waals surface area contributed by atoms with Gasteiger partial charge < -0.3 is 14.5 Å². The van der Waals surface area contributed by atoms with E-state index in [0.29, 0.717) is 0 Å². The van der Waals surface area contributed by atoms with Crippen LogP contribution in [0, 0.1) is 0 Å². The molecule has 3 nitrogen and oxygen atoms in total. The lowest BCUT2D eigenvalue weighted by molar-refractivity contribution is 0.150. The number of fused-ring (bicyclic) bond motifs is 1. The molecule has 0 spiro atoms. The molecule has 1 aliphatic carbocycles. The number of benzene rings is 1. The lowest BCUT2D eigenvalue weighted by Gasteiger charge is -2.32. The predicted octanol–water partition coefficient (Wildman–Crippen LogP) is 3.14. The van der Waals surface area contributed by atoms with Crippen molar-refractivity contribution in [3.05, 3.63) is 41.5 Å². The molecule has 3 rings (SSSR count). The summed E-state index contributed by atoms with van der Waals surface area (Å²) in [7, 11) is 2.21. The average molecular weight is 314 g/mol. The van der Waals surface area contributed by atoms with Gasteiger partial charge in [0.1, 0.15) is 5.75 Å². The Balaban J connectivity index is 1.36. The zero-order valence-corrected chi connectivity index (χ0v) is 14.5. The maximum atomic E-state index is 5.96. The Morgan fingerprint density at radius 2 is 1.87 bits per heavy atom. The van der Waals surface area contributed by atoms with Crippen molar-refractivity contribution >= 4 is 0 Å². The summed E-state index contributed by atoms with van der Waals surface area (Å²) in [6.45, 7) is 11.0. The minimum Gasteiger partial charge on any atom is -0.494 e. The second-order valence-corrected chi connectivity index (χ2v) is 7.06. The van der Waals surface area contributed by atoms with E-state index in [4.69, 9.17) is 4.74 Å². The Labute approximate surface area is 140 Å². The first-order chi connectivity index (χ1) is 11.2. The second kappa shape index (κ2) is 7.98. The molecule has 1 aromatic rings. The van der Waals surface area contributed by atoms with Crippen LogP contribution in [0.2, 0.25) is 0 Å². The Hall–Kier alpha value is -1.32. The van der Waals surface area contributed by atoms with Crippen molar-refractivity contribution in [3.8, 4) is 5.75 Å². The molecule has 1 fully saturated rings. The summed E-state index contributed by atoms with van der Waals surface area (Å²) in [5.74, 6) is 1.03. The summed E-state index contributed by atoms with van der Waals surface area (Å²) in [6.07, 6.45) is 5.66. The number of allylic oxidation sites excluding steroid dienone is 1. The molecule has 2 aliphatic rings. The lowest BCUT2D eigenvalue weighted by atomic mass is 9.89. The molecule has 0 atom stereocenters. The van der Waals surface area contributed by atoms with Crippen LogP contribution in [0.5, 0.6) is 5.75 Å². The summed E-state index contributed by atoms with van der Waals surface area (Å²) >= 11 is 0. The molecule has 0 N–H and O–H groups in total. The van der Waals surface area contributed by atoms with E-state index in [1.165, 1.54) is 55.8 Å². The topological polar surface area (TPSA) is 15.7 Å². The van der Waals surface area contributed by atoms with Gasteiger partial charge in [-0.3, -0.25) is 0 Å². The summed E-state index contributed by atoms with van der Waals surface area (Å²) in [6, 6.07) is 6.59. The van der Waals surface area contributed by atoms with Gasteiger partial charge in [0.2, 0.25) is 0 Å². The standard InChI is InChI=1S/C20H30N2O/c1-17-5-6-18-7-8-20(16-19(18)15-17)23-14-4-3-9-22-12-10-21(2)11-13-22/h7-8,16H,1,3-6,9-15H2,2H3. The number of piperazine rings is 1. The van der Waals surface area contributed by atoms with E-state index in [-0.39, 0.29) is 0 Å². The van der Waals surface area contributed by atoms with Gasteiger partial charge in [0, 0.05) is 26.2 Å². The molecular weight excluding hydrogens is 284 g/mol. The largest absolute Gasteiger partial charge is 0.494 e. The van der Waals surface area contributed by atoms with Crippen LogP contribution >= 0.6 is 0 Å². The van der Waals surface area contributed by atoms with Crippen molar-refractivity contribution in [1.29, 1.82) is 0 Å². The van der Waals surface area contributed by atoms with Crippen LogP contribution in [-0.2, 0) is 12.8 Å². The molecule has 0 amide bonds. The van der Waals surface area contributed by atoms with Crippen molar-refractivity contribution < 1.29 is 4.74 Å². The lowest BCUT2D eigenvalue weighted by Crippen LogP contribution is -2.44. The van der Waals surface area contributed by atoms with Gasteiger partial charge in [0.05, 0.1) is 6.61 Å². The third kappa shape index (κ3) is 4.82. The molecule has 1 heterocycles. The van der Waals surface area contributed by atoms with Crippen LogP contribution in [0.3, 0.4) is 0 Å². The van der Waals surface area contributed by atoms with E-state index in [9.17, 15) is 0 Å². The Kier molecular flexibility index (Phi) is 5.74. The van der Waals surface area contributed by atoms with Gasteiger partial charge in [-0.05, 0) is 69.0 Å². The summed E-state index contributed by atoms with van der Waals surface area (Å²) in [4.78, 5) is 4.98. The first-order valence-electron chi connectivity index (χ1n) is 9.03. The Morgan fingerprint density at radius 1 is 1.04 bits per heavy atom. The molecule has 23 heavy (non-hydrogen) atoms. The van der Waals surface area contributed by atoms with Crippen molar-refractivity contribution in [2.24, 2.45) is 0 Å². The minimum atomic E-state index is 0.827. The van der Waals surface area contributed by atoms with Crippen molar-refractivity contribution in [2.75, 3.05) is 46.4 Å². The number of ether oxygens (including phenoxy) is 1. The molecule has 1 saturated heterocycles. The van der Waals surface area contributed by atoms with Crippen LogP contribution in [-0.4, -0.2) is 56.2 Å². The smallest absolute Gasteiger partial charge is 0.119 e. The van der Waals surface area contributed by atoms with Crippen molar-refractivity contribution in [2.45, 2.75) is 32.1 Å². The van der Waals surface area contributed by atoms with Gasteiger partial charge in [-0.2, -0.15) is 0 Å². The molecule has 0 unspecified atom stereocenters. The minimum absolute atomic E-state index is 0.827. The van der Waals surface area contributed by atoms with Crippen molar-refractivity contribution in [3.63, 3.8) is 0 Å². The Morgan fingerprint density at radius 3 is 2.70 bits per heavy atom. The maximum Gasteiger partial charge on any atom is 0.119 e. The van der Waals surface area contributed by atoms with E-state index in [2.05, 4.69) is 41.6 Å². The third-order valence-electron chi connectivity index (χ3n) is 5.10. The zero-order valence-electron chi connectivity index (χ0n) is 14.5. The fourth-order valence-electron chi connectivity index (χ4n) is 3.47. The number of unbranched alkanes of at least 4 members (excludes halogenated alkanes) is 1. The van der Waals surface area contributed by atoms with E-state index in [0.717, 1.165) is 38.0 Å². The van der Waals surface area contributed by atoms with Crippen LogP contribution in [0.15, 0.2) is 30.4 Å². The summed E-state index contributed by atoms with van der Waals surface area (Å²) in [5, 5.41) is 0. The first kappa shape index (κ1) is 16.5. The van der Waals surface area contributed by atoms with Gasteiger partial charge in [0.15, 0.2) is 0 Å². The molecule has 1 aromatic carbocycles. The van der Waals surface area contributed by atoms with Gasteiger partial charge >= 0.3 is 0 Å². The Bertz CT molecular complexity index is 532. The van der Waals surface area contributed by atoms with E-state index in [1.54, 1.807) is 0 Å². The number of nitrogens with zero attached hydrogens (tertiary/aromatic N) is 2. The van der Waals surface area contributed by atoms with Gasteiger partial charge in [-0.25, -0.2) is 0 Å². The van der Waals surface area contributed by atoms with Crippen LogP contribution in [0.25, 0.3) is 0 Å². The van der Waals surface area contributed by atoms with Crippen molar-refractivity contribution in [1.82, 2.24) is 9.80 Å². The summed E-state index contributed by atoms with van der Waals surface area (Å²) in [5.41, 5.74) is 4.23. The fourth-order valence-corrected chi connectivity index (χ4v) is 3.47. The zero-order chi connectivity index (χ0) is 16.1. The van der Waals surface area contributed by atoms with Gasteiger partial charge in [-0.1, -0.05) is 18.2 Å². The van der Waals surface area contributed by atoms with Crippen LogP contribution < -0.4 is 4.74 Å². The van der Waals surface area contributed by atoms with Gasteiger partial charge in [0.25, 0.3) is 0 Å². The SMILES string of the molecule is C=C1CCc2ccc(OCCCCN3CCN(C)CC3)cc2C1. The fraction of sp³-hybridized carbons (Fsp3) is 0.600. The normalized spacial score (nSPS) is 19.6. The molecule has 0 bridgehead atoms. The predicted molar refractivity (Wildman–Crippen MR) is 96.3 cm³/mol. The number of rotatable bonds is 6. The molecule has 3 heteroatoms. The molecule has 126 valence electrons. The highest BCUT2D eigenvalue weighted by molar-refractivity contribution is 5.40. The highest BCUT2D eigenvalue weighted by Gasteiger charge is 2.13. The number of hydrogen-bond acceptors (Lipinski definition) is 3. The molecular formula is C20H30N2O. The summed E-state index contributed by atoms with van der Waals surface area (Å²) < 4.78 is 5.96. The van der Waals surface area contributed by atoms with Crippen LogP contribution in [0.4, 0.5) is 0 Å². The van der Waals surface area contributed by atoms with Crippen LogP contribution in [0.1, 0.15) is 30.4 Å². The number of likely N-dealkylation sites (N-methyl/N-ethyl adjacent to an activating group) is 1. The molecule has 0 saturated carbocycles. The number of hydrogen-bond donors (Lipinski definition) is 0. The molecule has 0 aromatic heterocycles. The van der Waals surface area contributed by atoms with Gasteiger partial charge in [-0.15, -0.1) is 0 Å². The maximum absolute atomic E-state index is 5.96. The number of aryl methyl sites for hydroxylation is 1. The average Bonchev–Trinajstić information content (AvgIpc) is 2.56. The quantitative estimate of drug-likeness (QED) is 0.593. The highest BCUT2D eigenvalue weighted by atomic mass is 16.5. The molecule has 1 aliphatic heterocycles. The van der Waals surface area contributed by atoms with E-state index >= 15 is 0 Å². The monoisotopic (exact) mass is 314 g/mol. The highest BCUT2D eigenvalue weighted by Crippen LogP contribution is 2.27. The first-order valence-corrected chi connectivity index (χ1v) is 9.03. The molecule has 0 radical (unpaired) electrons. The third-order valence-corrected chi connectivity index (χ3v) is 5.10.